The van der Waals surface area contributed by atoms with Crippen LogP contribution in [0.2, 0.25) is 0 Å². The van der Waals surface area contributed by atoms with Crippen LogP contribution in [-0.4, -0.2) is 67.8 Å². The van der Waals surface area contributed by atoms with E-state index in [1.807, 2.05) is 6.92 Å². The molecule has 102 valence electrons. The smallest absolute Gasteiger partial charge is 0.115 e. The predicted octanol–water partition coefficient (Wildman–Crippen LogP) is -1.62. The highest BCUT2D eigenvalue weighted by atomic mass is 16.5. The molecule has 5 N–H and O–H groups in total. The van der Waals surface area contributed by atoms with Crippen LogP contribution in [0, 0.1) is 0 Å². The molecule has 0 saturated heterocycles. The van der Waals surface area contributed by atoms with E-state index in [2.05, 4.69) is 0 Å². The SMILES string of the molecule is CCC(C)(C)OC1C(O)C(O)C(O)C(O)C1O. The monoisotopic (exact) mass is 250 g/mol. The quantitative estimate of drug-likeness (QED) is 0.412. The van der Waals surface area contributed by atoms with Gasteiger partial charge in [-0.15, -0.1) is 0 Å². The molecule has 0 bridgehead atoms. The number of ether oxygens (including phenoxy) is 1. The summed E-state index contributed by atoms with van der Waals surface area (Å²) in [4.78, 5) is 0. The zero-order valence-corrected chi connectivity index (χ0v) is 10.3. The van der Waals surface area contributed by atoms with E-state index in [4.69, 9.17) is 4.74 Å². The fourth-order valence-electron chi connectivity index (χ4n) is 1.79. The van der Waals surface area contributed by atoms with Crippen molar-refractivity contribution >= 4 is 0 Å². The number of rotatable bonds is 3. The Kier molecular flexibility index (Phi) is 4.51. The van der Waals surface area contributed by atoms with E-state index >= 15 is 0 Å². The second kappa shape index (κ2) is 5.17. The Labute approximate surface area is 100 Å². The molecule has 0 spiro atoms. The summed E-state index contributed by atoms with van der Waals surface area (Å²) in [6, 6.07) is 0. The molecule has 0 radical (unpaired) electrons. The van der Waals surface area contributed by atoms with Crippen molar-refractivity contribution in [3.63, 3.8) is 0 Å². The van der Waals surface area contributed by atoms with Crippen LogP contribution >= 0.6 is 0 Å². The zero-order chi connectivity index (χ0) is 13.4. The van der Waals surface area contributed by atoms with Crippen LogP contribution in [0.5, 0.6) is 0 Å². The van der Waals surface area contributed by atoms with Crippen molar-refractivity contribution in [3.8, 4) is 0 Å². The molecule has 0 aromatic heterocycles. The molecule has 1 fully saturated rings. The largest absolute Gasteiger partial charge is 0.387 e. The maximum Gasteiger partial charge on any atom is 0.115 e. The van der Waals surface area contributed by atoms with Crippen molar-refractivity contribution in [2.75, 3.05) is 0 Å². The third-order valence-electron chi connectivity index (χ3n) is 3.38. The Morgan fingerprint density at radius 2 is 1.18 bits per heavy atom. The summed E-state index contributed by atoms with van der Waals surface area (Å²) >= 11 is 0. The fraction of sp³-hybridized carbons (Fsp3) is 1.00. The second-order valence-electron chi connectivity index (χ2n) is 5.15. The molecule has 1 aliphatic carbocycles. The molecule has 0 aliphatic heterocycles. The predicted molar refractivity (Wildman–Crippen MR) is 59.3 cm³/mol. The summed E-state index contributed by atoms with van der Waals surface area (Å²) in [6.45, 7) is 5.43. The van der Waals surface area contributed by atoms with E-state index in [1.54, 1.807) is 13.8 Å². The van der Waals surface area contributed by atoms with E-state index in [-0.39, 0.29) is 0 Å². The molecule has 0 amide bonds. The Morgan fingerprint density at radius 3 is 1.53 bits per heavy atom. The summed E-state index contributed by atoms with van der Waals surface area (Å²) < 4.78 is 5.51. The van der Waals surface area contributed by atoms with E-state index < -0.39 is 42.2 Å². The van der Waals surface area contributed by atoms with Crippen LogP contribution in [-0.2, 0) is 4.74 Å². The van der Waals surface area contributed by atoms with Crippen LogP contribution in [0.25, 0.3) is 0 Å². The summed E-state index contributed by atoms with van der Waals surface area (Å²) in [5.74, 6) is 0. The lowest BCUT2D eigenvalue weighted by Crippen LogP contribution is -2.65. The van der Waals surface area contributed by atoms with Crippen molar-refractivity contribution in [3.05, 3.63) is 0 Å². The minimum Gasteiger partial charge on any atom is -0.387 e. The van der Waals surface area contributed by atoms with Gasteiger partial charge in [-0.1, -0.05) is 6.92 Å². The Hall–Kier alpha value is -0.240. The third-order valence-corrected chi connectivity index (χ3v) is 3.38. The lowest BCUT2D eigenvalue weighted by Gasteiger charge is -2.44. The average Bonchev–Trinajstić information content (AvgIpc) is 2.30. The zero-order valence-electron chi connectivity index (χ0n) is 10.3. The number of hydrogen-bond donors (Lipinski definition) is 5. The van der Waals surface area contributed by atoms with Gasteiger partial charge in [0, 0.05) is 0 Å². The summed E-state index contributed by atoms with van der Waals surface area (Å²) in [7, 11) is 0. The molecule has 1 saturated carbocycles. The van der Waals surface area contributed by atoms with Gasteiger partial charge in [0.05, 0.1) is 5.60 Å². The van der Waals surface area contributed by atoms with E-state index in [0.717, 1.165) is 0 Å². The van der Waals surface area contributed by atoms with Crippen LogP contribution < -0.4 is 0 Å². The van der Waals surface area contributed by atoms with Gasteiger partial charge in [0.15, 0.2) is 0 Å². The molecule has 1 aliphatic rings. The maximum absolute atomic E-state index is 9.75. The van der Waals surface area contributed by atoms with Crippen molar-refractivity contribution < 1.29 is 30.3 Å². The van der Waals surface area contributed by atoms with Crippen molar-refractivity contribution in [1.82, 2.24) is 0 Å². The van der Waals surface area contributed by atoms with Gasteiger partial charge in [-0.25, -0.2) is 0 Å². The van der Waals surface area contributed by atoms with Crippen LogP contribution in [0.3, 0.4) is 0 Å². The number of hydrogen-bond acceptors (Lipinski definition) is 6. The Bertz CT molecular complexity index is 240. The third kappa shape index (κ3) is 2.96. The van der Waals surface area contributed by atoms with Crippen LogP contribution in [0.15, 0.2) is 0 Å². The number of aliphatic hydroxyl groups excluding tert-OH is 5. The van der Waals surface area contributed by atoms with Gasteiger partial charge in [-0.05, 0) is 20.3 Å². The lowest BCUT2D eigenvalue weighted by molar-refractivity contribution is -0.256. The molecule has 6 nitrogen and oxygen atoms in total. The van der Waals surface area contributed by atoms with E-state index in [1.165, 1.54) is 0 Å². The van der Waals surface area contributed by atoms with Crippen molar-refractivity contribution in [2.45, 2.75) is 69.4 Å². The number of aliphatic hydroxyl groups is 5. The van der Waals surface area contributed by atoms with Gasteiger partial charge in [-0.3, -0.25) is 0 Å². The molecular formula is C11H22O6. The van der Waals surface area contributed by atoms with Gasteiger partial charge in [-0.2, -0.15) is 0 Å². The summed E-state index contributed by atoms with van der Waals surface area (Å²) in [5.41, 5.74) is -0.603. The lowest BCUT2D eigenvalue weighted by atomic mass is 9.84. The highest BCUT2D eigenvalue weighted by Crippen LogP contribution is 2.28. The standard InChI is InChI=1S/C11H22O6/c1-4-11(2,3)17-10-8(15)6(13)5(12)7(14)9(10)16/h5-10,12-16H,4H2,1-3H3. The molecule has 4 unspecified atom stereocenters. The first-order valence-electron chi connectivity index (χ1n) is 5.79. The highest BCUT2D eigenvalue weighted by molar-refractivity contribution is 5.00. The molecule has 0 aromatic rings. The summed E-state index contributed by atoms with van der Waals surface area (Å²) in [5, 5.41) is 47.9. The Morgan fingerprint density at radius 1 is 0.824 bits per heavy atom. The van der Waals surface area contributed by atoms with E-state index in [9.17, 15) is 25.5 Å². The minimum atomic E-state index is -1.58. The van der Waals surface area contributed by atoms with Crippen LogP contribution in [0.1, 0.15) is 27.2 Å². The second-order valence-corrected chi connectivity index (χ2v) is 5.15. The van der Waals surface area contributed by atoms with Gasteiger partial charge >= 0.3 is 0 Å². The van der Waals surface area contributed by atoms with Crippen molar-refractivity contribution in [2.24, 2.45) is 0 Å². The summed E-state index contributed by atoms with van der Waals surface area (Å²) in [6.07, 6.45) is -8.01. The van der Waals surface area contributed by atoms with Crippen molar-refractivity contribution in [1.29, 1.82) is 0 Å². The molecule has 0 heterocycles. The van der Waals surface area contributed by atoms with Crippen LogP contribution in [0.4, 0.5) is 0 Å². The first-order valence-corrected chi connectivity index (χ1v) is 5.79. The fourth-order valence-corrected chi connectivity index (χ4v) is 1.79. The minimum absolute atomic E-state index is 0.603. The normalized spacial score (nSPS) is 43.8. The molecule has 6 heteroatoms. The van der Waals surface area contributed by atoms with Gasteiger partial charge in [0.2, 0.25) is 0 Å². The topological polar surface area (TPSA) is 110 Å². The Balaban J connectivity index is 2.83. The molecule has 0 aromatic carbocycles. The molecule has 17 heavy (non-hydrogen) atoms. The van der Waals surface area contributed by atoms with Gasteiger partial charge in [0.25, 0.3) is 0 Å². The maximum atomic E-state index is 9.75. The first kappa shape index (κ1) is 14.8. The van der Waals surface area contributed by atoms with Gasteiger partial charge < -0.3 is 30.3 Å². The first-order chi connectivity index (χ1) is 7.71. The average molecular weight is 250 g/mol. The van der Waals surface area contributed by atoms with Gasteiger partial charge in [0.1, 0.15) is 36.6 Å². The van der Waals surface area contributed by atoms with E-state index in [0.29, 0.717) is 6.42 Å². The molecular weight excluding hydrogens is 228 g/mol. The molecule has 4 atom stereocenters. The molecule has 1 rings (SSSR count). The highest BCUT2D eigenvalue weighted by Gasteiger charge is 2.50.